The third kappa shape index (κ3) is 4.29. The summed E-state index contributed by atoms with van der Waals surface area (Å²) in [5.41, 5.74) is 3.00. The van der Waals surface area contributed by atoms with E-state index < -0.39 is 6.09 Å². The number of anilines is 3. The molecule has 0 atom stereocenters. The largest absolute Gasteiger partial charge is 0.495 e. The van der Waals surface area contributed by atoms with E-state index in [1.54, 1.807) is 48.7 Å². The number of carbonyl (C=O) groups is 1. The minimum Gasteiger partial charge on any atom is -0.495 e. The van der Waals surface area contributed by atoms with Gasteiger partial charge < -0.3 is 15.2 Å². The Hall–Kier alpha value is -4.12. The van der Waals surface area contributed by atoms with Gasteiger partial charge in [0.15, 0.2) is 0 Å². The van der Waals surface area contributed by atoms with Crippen molar-refractivity contribution < 1.29 is 14.6 Å². The van der Waals surface area contributed by atoms with Gasteiger partial charge in [0.05, 0.1) is 18.4 Å². The Balaban J connectivity index is 1.82. The van der Waals surface area contributed by atoms with Crippen molar-refractivity contribution >= 4 is 23.4 Å². The van der Waals surface area contributed by atoms with E-state index in [0.29, 0.717) is 34.3 Å². The second-order valence-corrected chi connectivity index (χ2v) is 5.42. The molecule has 0 unspecified atom stereocenters. The molecule has 0 aliphatic carbocycles. The Morgan fingerprint density at radius 2 is 1.89 bits per heavy atom. The van der Waals surface area contributed by atoms with Crippen LogP contribution in [0.2, 0.25) is 0 Å². The standard InChI is InChI=1S/C19H15N5O3/c1-27-17-7-2-12(10-13(17)11-20)16-8-9-21-18(24-16)22-14-3-5-15(6-4-14)23-19(25)26/h2-10,23H,1H3,(H,25,26)(H,21,22,24). The van der Waals surface area contributed by atoms with Gasteiger partial charge in [0.2, 0.25) is 5.95 Å². The number of hydrogen-bond donors (Lipinski definition) is 3. The second kappa shape index (κ2) is 7.84. The number of nitrogens with one attached hydrogen (secondary N) is 2. The number of carboxylic acid groups (broad SMARTS) is 1. The molecule has 0 spiro atoms. The van der Waals surface area contributed by atoms with E-state index in [4.69, 9.17) is 9.84 Å². The lowest BCUT2D eigenvalue weighted by Gasteiger charge is -2.09. The molecule has 0 aliphatic heterocycles. The molecule has 3 aromatic rings. The van der Waals surface area contributed by atoms with Gasteiger partial charge in [-0.3, -0.25) is 5.32 Å². The minimum absolute atomic E-state index is 0.376. The number of nitrogens with zero attached hydrogens (tertiary/aromatic N) is 3. The molecule has 1 aromatic heterocycles. The molecule has 8 nitrogen and oxygen atoms in total. The molecule has 0 saturated carbocycles. The number of rotatable bonds is 5. The maximum Gasteiger partial charge on any atom is 0.409 e. The van der Waals surface area contributed by atoms with E-state index in [9.17, 15) is 10.1 Å². The predicted octanol–water partition coefficient (Wildman–Crippen LogP) is 3.86. The summed E-state index contributed by atoms with van der Waals surface area (Å²) in [6.07, 6.45) is 0.490. The lowest BCUT2D eigenvalue weighted by molar-refractivity contribution is 0.210. The van der Waals surface area contributed by atoms with Gasteiger partial charge in [-0.15, -0.1) is 0 Å². The van der Waals surface area contributed by atoms with Crippen molar-refractivity contribution in [2.45, 2.75) is 0 Å². The number of nitriles is 1. The molecule has 0 radical (unpaired) electrons. The summed E-state index contributed by atoms with van der Waals surface area (Å²) in [5.74, 6) is 0.879. The van der Waals surface area contributed by atoms with Crippen molar-refractivity contribution in [3.05, 3.63) is 60.3 Å². The van der Waals surface area contributed by atoms with Crippen molar-refractivity contribution in [1.29, 1.82) is 5.26 Å². The van der Waals surface area contributed by atoms with Crippen molar-refractivity contribution in [2.75, 3.05) is 17.7 Å². The van der Waals surface area contributed by atoms with Crippen LogP contribution >= 0.6 is 0 Å². The lowest BCUT2D eigenvalue weighted by Crippen LogP contribution is -2.07. The van der Waals surface area contributed by atoms with Gasteiger partial charge in [-0.25, -0.2) is 14.8 Å². The van der Waals surface area contributed by atoms with Crippen molar-refractivity contribution in [3.8, 4) is 23.1 Å². The van der Waals surface area contributed by atoms with E-state index in [1.165, 1.54) is 7.11 Å². The molecule has 134 valence electrons. The number of ether oxygens (including phenoxy) is 1. The van der Waals surface area contributed by atoms with Crippen LogP contribution in [0.15, 0.2) is 54.7 Å². The zero-order valence-electron chi connectivity index (χ0n) is 14.3. The highest BCUT2D eigenvalue weighted by atomic mass is 16.5. The zero-order chi connectivity index (χ0) is 19.2. The molecule has 27 heavy (non-hydrogen) atoms. The summed E-state index contributed by atoms with van der Waals surface area (Å²) in [6.45, 7) is 0. The highest BCUT2D eigenvalue weighted by molar-refractivity contribution is 5.83. The number of amides is 1. The maximum atomic E-state index is 10.6. The number of benzene rings is 2. The molecule has 0 bridgehead atoms. The van der Waals surface area contributed by atoms with Crippen molar-refractivity contribution in [3.63, 3.8) is 0 Å². The summed E-state index contributed by atoms with van der Waals surface area (Å²) in [6, 6.07) is 15.8. The lowest BCUT2D eigenvalue weighted by atomic mass is 10.1. The van der Waals surface area contributed by atoms with Gasteiger partial charge in [0.1, 0.15) is 11.8 Å². The normalized spacial score (nSPS) is 9.93. The first-order chi connectivity index (χ1) is 13.1. The van der Waals surface area contributed by atoms with Crippen molar-refractivity contribution in [2.24, 2.45) is 0 Å². The highest BCUT2D eigenvalue weighted by Crippen LogP contribution is 2.26. The smallest absolute Gasteiger partial charge is 0.409 e. The third-order valence-electron chi connectivity index (χ3n) is 3.66. The maximum absolute atomic E-state index is 10.6. The first-order valence-electron chi connectivity index (χ1n) is 7.87. The third-order valence-corrected chi connectivity index (χ3v) is 3.66. The Morgan fingerprint density at radius 1 is 1.15 bits per heavy atom. The fraction of sp³-hybridized carbons (Fsp3) is 0.0526. The van der Waals surface area contributed by atoms with Gasteiger partial charge in [-0.05, 0) is 48.5 Å². The van der Waals surface area contributed by atoms with Crippen LogP contribution in [0.3, 0.4) is 0 Å². The molecule has 3 N–H and O–H groups in total. The molecule has 0 fully saturated rings. The zero-order valence-corrected chi connectivity index (χ0v) is 14.3. The minimum atomic E-state index is -1.12. The molecule has 0 saturated heterocycles. The first kappa shape index (κ1) is 17.7. The second-order valence-electron chi connectivity index (χ2n) is 5.42. The molecule has 1 heterocycles. The van der Waals surface area contributed by atoms with Gasteiger partial charge in [-0.2, -0.15) is 5.26 Å². The van der Waals surface area contributed by atoms with Crippen LogP contribution in [-0.4, -0.2) is 28.3 Å². The van der Waals surface area contributed by atoms with Crippen LogP contribution in [0.4, 0.5) is 22.1 Å². The molecule has 2 aromatic carbocycles. The summed E-state index contributed by atoms with van der Waals surface area (Å²) in [7, 11) is 1.51. The van der Waals surface area contributed by atoms with E-state index in [-0.39, 0.29) is 0 Å². The summed E-state index contributed by atoms with van der Waals surface area (Å²) in [4.78, 5) is 19.3. The fourth-order valence-corrected chi connectivity index (χ4v) is 2.42. The van der Waals surface area contributed by atoms with Gasteiger partial charge >= 0.3 is 6.09 Å². The molecule has 8 heteroatoms. The SMILES string of the molecule is COc1ccc(-c2ccnc(Nc3ccc(NC(=O)O)cc3)n2)cc1C#N. The van der Waals surface area contributed by atoms with Crippen LogP contribution in [0.25, 0.3) is 11.3 Å². The first-order valence-corrected chi connectivity index (χ1v) is 7.87. The van der Waals surface area contributed by atoms with E-state index in [2.05, 4.69) is 26.7 Å². The predicted molar refractivity (Wildman–Crippen MR) is 100 cm³/mol. The van der Waals surface area contributed by atoms with Crippen LogP contribution in [0, 0.1) is 11.3 Å². The molecule has 1 amide bonds. The van der Waals surface area contributed by atoms with Crippen LogP contribution in [0.5, 0.6) is 5.75 Å². The summed E-state index contributed by atoms with van der Waals surface area (Å²) >= 11 is 0. The quantitative estimate of drug-likeness (QED) is 0.631. The van der Waals surface area contributed by atoms with Crippen LogP contribution in [0.1, 0.15) is 5.56 Å². The van der Waals surface area contributed by atoms with Gasteiger partial charge in [0.25, 0.3) is 0 Å². The van der Waals surface area contributed by atoms with Crippen molar-refractivity contribution in [1.82, 2.24) is 9.97 Å². The van der Waals surface area contributed by atoms with E-state index in [1.807, 2.05) is 6.07 Å². The van der Waals surface area contributed by atoms with Crippen LogP contribution in [-0.2, 0) is 0 Å². The molecular formula is C19H15N5O3. The molecular weight excluding hydrogens is 346 g/mol. The Morgan fingerprint density at radius 3 is 2.56 bits per heavy atom. The average molecular weight is 361 g/mol. The van der Waals surface area contributed by atoms with Gasteiger partial charge in [-0.1, -0.05) is 0 Å². The fourth-order valence-electron chi connectivity index (χ4n) is 2.42. The van der Waals surface area contributed by atoms with E-state index in [0.717, 1.165) is 5.56 Å². The Kier molecular flexibility index (Phi) is 5.14. The van der Waals surface area contributed by atoms with E-state index >= 15 is 0 Å². The Labute approximate surface area is 155 Å². The van der Waals surface area contributed by atoms with Crippen LogP contribution < -0.4 is 15.4 Å². The highest BCUT2D eigenvalue weighted by Gasteiger charge is 2.08. The summed E-state index contributed by atoms with van der Waals surface area (Å²) < 4.78 is 5.15. The number of hydrogen-bond acceptors (Lipinski definition) is 6. The number of methoxy groups -OCH3 is 1. The monoisotopic (exact) mass is 361 g/mol. The average Bonchev–Trinajstić information content (AvgIpc) is 2.69. The number of aromatic nitrogens is 2. The molecule has 3 rings (SSSR count). The molecule has 0 aliphatic rings. The Bertz CT molecular complexity index is 1010. The van der Waals surface area contributed by atoms with Gasteiger partial charge in [0, 0.05) is 23.1 Å². The summed E-state index contributed by atoms with van der Waals surface area (Å²) in [5, 5.41) is 23.3. The topological polar surface area (TPSA) is 120 Å².